The van der Waals surface area contributed by atoms with E-state index in [4.69, 9.17) is 14.2 Å². The fraction of sp³-hybridized carbons (Fsp3) is 0.558. The van der Waals surface area contributed by atoms with Crippen LogP contribution in [0, 0.1) is 6.07 Å². The summed E-state index contributed by atoms with van der Waals surface area (Å²) in [6, 6.07) is 19.8. The van der Waals surface area contributed by atoms with Gasteiger partial charge >= 0.3 is 36.6 Å². The average molecular weight is 892 g/mol. The molecule has 0 atom stereocenters. The van der Waals surface area contributed by atoms with E-state index in [-0.39, 0.29) is 16.3 Å². The molecular weight excluding hydrogens is 826 g/mol. The standard InChI is InChI=1S/C31H49O2P.C12H17O2Si.BrH.Pd/c1-19(2)22-17-23(20(3)4)27(24(18-22)21(5)6)28-25(32-13)15-16-26(33-14)29(28)34(30(7,8)9)31(10,11)12;1-15(2,3)10-9-14-12(13)11-7-5-4-6-8-11;;/h15-21H,1-14H3;5-8H,9-10H2,1-3H3;1H;/q;-1;;+2/p-1. The molecule has 0 bridgehead atoms. The fourth-order valence-electron chi connectivity index (χ4n) is 6.33. The van der Waals surface area contributed by atoms with Crippen molar-refractivity contribution in [2.45, 2.75) is 137 Å². The molecule has 288 valence electrons. The monoisotopic (exact) mass is 890 g/mol. The summed E-state index contributed by atoms with van der Waals surface area (Å²) < 4.78 is 17.4. The first-order valence-electron chi connectivity index (χ1n) is 18.0. The molecule has 0 aliphatic rings. The Morgan fingerprint density at radius 1 is 0.765 bits per heavy atom. The first-order valence-corrected chi connectivity index (χ1v) is 26.6. The number of hydrogen-bond donors (Lipinski definition) is 0. The van der Waals surface area contributed by atoms with Gasteiger partial charge in [-0.1, -0.05) is 123 Å². The zero-order valence-corrected chi connectivity index (χ0v) is 39.6. The molecule has 0 aliphatic heterocycles. The van der Waals surface area contributed by atoms with Gasteiger partial charge in [-0.15, -0.1) is 0 Å². The van der Waals surface area contributed by atoms with Crippen LogP contribution >= 0.6 is 21.4 Å². The second-order valence-corrected chi connectivity index (χ2v) is 26.6. The number of benzene rings is 3. The van der Waals surface area contributed by atoms with Gasteiger partial charge in [0, 0.05) is 18.9 Å². The average Bonchev–Trinajstić information content (AvgIpc) is 3.03. The Hall–Kier alpha value is -1.48. The molecule has 0 aromatic heterocycles. The zero-order valence-electron chi connectivity index (χ0n) is 34.5. The van der Waals surface area contributed by atoms with Crippen molar-refractivity contribution in [3.05, 3.63) is 76.9 Å². The summed E-state index contributed by atoms with van der Waals surface area (Å²) in [4.78, 5) is 11.5. The number of carbonyl (C=O) groups excluding carboxylic acids is 1. The van der Waals surface area contributed by atoms with Gasteiger partial charge in [-0.2, -0.15) is 30.3 Å². The van der Waals surface area contributed by atoms with Gasteiger partial charge in [0.1, 0.15) is 11.5 Å². The van der Waals surface area contributed by atoms with Crippen LogP contribution in [-0.4, -0.2) is 45.2 Å². The first-order chi connectivity index (χ1) is 23.5. The Kier molecular flexibility index (Phi) is 19.4. The molecule has 0 fully saturated rings. The van der Waals surface area contributed by atoms with Crippen molar-refractivity contribution < 1.29 is 36.2 Å². The van der Waals surface area contributed by atoms with Crippen LogP contribution < -0.4 is 14.8 Å². The quantitative estimate of drug-likeness (QED) is 0.0833. The Labute approximate surface area is 332 Å². The predicted octanol–water partition coefficient (Wildman–Crippen LogP) is 13.3. The Morgan fingerprint density at radius 2 is 1.22 bits per heavy atom. The summed E-state index contributed by atoms with van der Waals surface area (Å²) in [5.74, 6) is 2.96. The molecule has 3 rings (SSSR count). The van der Waals surface area contributed by atoms with Crippen LogP contribution in [-0.2, 0) is 21.9 Å². The first kappa shape index (κ1) is 47.5. The minimum atomic E-state index is -1.11. The maximum atomic E-state index is 11.5. The second-order valence-electron chi connectivity index (χ2n) is 17.1. The molecule has 8 heteroatoms. The Morgan fingerprint density at radius 3 is 1.59 bits per heavy atom. The molecule has 0 radical (unpaired) electrons. The molecule has 0 spiro atoms. The van der Waals surface area contributed by atoms with Gasteiger partial charge in [-0.05, 0) is 74.1 Å². The molecule has 0 unspecified atom stereocenters. The van der Waals surface area contributed by atoms with Crippen molar-refractivity contribution >= 4 is 40.7 Å². The van der Waals surface area contributed by atoms with Gasteiger partial charge < -0.3 is 14.2 Å². The number of halogens is 1. The maximum absolute atomic E-state index is 11.5. The summed E-state index contributed by atoms with van der Waals surface area (Å²) in [6.45, 7) is 35.4. The van der Waals surface area contributed by atoms with Crippen molar-refractivity contribution in [3.63, 3.8) is 0 Å². The SMILES string of the molecule is COc1ccc(OC)c(P(C(C)(C)C)C(C)(C)C)c1-c1c(C(C)C)cc(C(C)C)cc1C(C)C.C[Si](C)(C)CCOC(=O)c1cc[c-]cc1.[Br][Pd+]. The Bertz CT molecular complexity index is 1480. The molecule has 0 N–H and O–H groups in total. The molecule has 0 saturated carbocycles. The zero-order chi connectivity index (χ0) is 39.5. The van der Waals surface area contributed by atoms with E-state index in [1.807, 2.05) is 7.11 Å². The third-order valence-corrected chi connectivity index (χ3v) is 13.8. The van der Waals surface area contributed by atoms with E-state index in [9.17, 15) is 4.79 Å². The third kappa shape index (κ3) is 14.0. The van der Waals surface area contributed by atoms with Gasteiger partial charge in [0.15, 0.2) is 0 Å². The molecule has 4 nitrogen and oxygen atoms in total. The fourth-order valence-corrected chi connectivity index (χ4v) is 11.2. The number of esters is 1. The van der Waals surface area contributed by atoms with Crippen molar-refractivity contribution in [1.29, 1.82) is 0 Å². The van der Waals surface area contributed by atoms with Crippen molar-refractivity contribution in [2.75, 3.05) is 20.8 Å². The van der Waals surface area contributed by atoms with E-state index in [2.05, 4.69) is 164 Å². The number of ether oxygens (including phenoxy) is 3. The van der Waals surface area contributed by atoms with E-state index in [1.54, 1.807) is 31.4 Å². The molecule has 3 aromatic rings. The van der Waals surface area contributed by atoms with E-state index < -0.39 is 16.0 Å². The van der Waals surface area contributed by atoms with Gasteiger partial charge in [-0.3, -0.25) is 0 Å². The normalized spacial score (nSPS) is 12.0. The van der Waals surface area contributed by atoms with Crippen molar-refractivity contribution in [3.8, 4) is 22.6 Å². The molecule has 0 heterocycles. The summed E-state index contributed by atoms with van der Waals surface area (Å²) in [6.07, 6.45) is 0. The number of methoxy groups -OCH3 is 2. The van der Waals surface area contributed by atoms with Crippen LogP contribution in [0.15, 0.2) is 48.5 Å². The van der Waals surface area contributed by atoms with E-state index >= 15 is 0 Å². The molecule has 51 heavy (non-hydrogen) atoms. The van der Waals surface area contributed by atoms with Crippen molar-refractivity contribution in [2.24, 2.45) is 0 Å². The second kappa shape index (κ2) is 20.8. The van der Waals surface area contributed by atoms with Crippen LogP contribution in [0.2, 0.25) is 25.7 Å². The van der Waals surface area contributed by atoms with Crippen molar-refractivity contribution in [1.82, 2.24) is 0 Å². The minimum absolute atomic E-state index is 0.0931. The van der Waals surface area contributed by atoms with Gasteiger partial charge in [0.2, 0.25) is 0 Å². The third-order valence-electron chi connectivity index (χ3n) is 8.53. The number of hydrogen-bond acceptors (Lipinski definition) is 4. The Balaban J connectivity index is 0.000000636. The van der Waals surface area contributed by atoms with Gasteiger partial charge in [0.05, 0.1) is 20.8 Å². The van der Waals surface area contributed by atoms with E-state index in [0.717, 1.165) is 17.5 Å². The van der Waals surface area contributed by atoms with Crippen LogP contribution in [0.1, 0.15) is 128 Å². The van der Waals surface area contributed by atoms with Gasteiger partial charge in [0.25, 0.3) is 0 Å². The van der Waals surface area contributed by atoms with Crippen LogP contribution in [0.25, 0.3) is 11.1 Å². The van der Waals surface area contributed by atoms with Crippen LogP contribution in [0.5, 0.6) is 11.5 Å². The number of carbonyl (C=O) groups is 1. The summed E-state index contributed by atoms with van der Waals surface area (Å²) in [7, 11) is 1.88. The van der Waals surface area contributed by atoms with Gasteiger partial charge in [-0.25, -0.2) is 4.79 Å². The summed E-state index contributed by atoms with van der Waals surface area (Å²) in [5, 5.41) is 1.52. The topological polar surface area (TPSA) is 44.8 Å². The summed E-state index contributed by atoms with van der Waals surface area (Å²) >= 11 is 5.35. The van der Waals surface area contributed by atoms with Crippen LogP contribution in [0.4, 0.5) is 0 Å². The summed E-state index contributed by atoms with van der Waals surface area (Å²) in [5.41, 5.74) is 7.40. The van der Waals surface area contributed by atoms with E-state index in [0.29, 0.717) is 29.9 Å². The molecule has 3 aromatic carbocycles. The molecule has 0 aliphatic carbocycles. The molecule has 0 saturated heterocycles. The van der Waals surface area contributed by atoms with Crippen LogP contribution in [0.3, 0.4) is 0 Å². The molecule has 0 amide bonds. The predicted molar refractivity (Wildman–Crippen MR) is 226 cm³/mol. The molecular formula is C43H66BrO4PPdSi. The number of rotatable bonds is 11. The van der Waals surface area contributed by atoms with E-state index in [1.165, 1.54) is 33.1 Å².